The maximum absolute atomic E-state index is 13.1. The first kappa shape index (κ1) is 17.8. The molecule has 0 aliphatic carbocycles. The number of ketones is 2. The zero-order valence-corrected chi connectivity index (χ0v) is 14.5. The molecule has 3 saturated heterocycles. The molecule has 3 aliphatic heterocycles. The Morgan fingerprint density at radius 3 is 2.76 bits per heavy atom. The smallest absolute Gasteiger partial charge is 0.240 e. The van der Waals surface area contributed by atoms with Gasteiger partial charge >= 0.3 is 0 Å². The van der Waals surface area contributed by atoms with Gasteiger partial charge in [0.15, 0.2) is 11.6 Å². The van der Waals surface area contributed by atoms with Crippen LogP contribution < -0.4 is 10.6 Å². The predicted octanol–water partition coefficient (Wildman–Crippen LogP) is 0.358. The molecule has 25 heavy (non-hydrogen) atoms. The summed E-state index contributed by atoms with van der Waals surface area (Å²) in [6.45, 7) is 3.79. The molecule has 2 bridgehead atoms. The summed E-state index contributed by atoms with van der Waals surface area (Å²) in [5.41, 5.74) is 8.63. The van der Waals surface area contributed by atoms with E-state index in [0.717, 1.165) is 6.42 Å². The van der Waals surface area contributed by atoms with Gasteiger partial charge in [0, 0.05) is 17.5 Å². The average Bonchev–Trinajstić information content (AvgIpc) is 3.02. The van der Waals surface area contributed by atoms with Crippen molar-refractivity contribution >= 4 is 17.5 Å². The Bertz CT molecular complexity index is 631. The molecule has 9 nitrogen and oxygen atoms in total. The molecular formula is C16H24N6O3. The van der Waals surface area contributed by atoms with Crippen LogP contribution in [0.25, 0.3) is 10.4 Å². The molecule has 136 valence electrons. The normalized spacial score (nSPS) is 39.0. The summed E-state index contributed by atoms with van der Waals surface area (Å²) in [4.78, 5) is 42.7. The van der Waals surface area contributed by atoms with Crippen LogP contribution in [-0.4, -0.2) is 59.8 Å². The number of fused-ring (bicyclic) bond motifs is 1. The maximum atomic E-state index is 13.1. The molecule has 2 N–H and O–H groups in total. The lowest BCUT2D eigenvalue weighted by molar-refractivity contribution is -0.148. The number of carbonyl (C=O) groups is 3. The Hall–Kier alpha value is -1.96. The molecule has 0 saturated carbocycles. The molecule has 6 atom stereocenters. The van der Waals surface area contributed by atoms with Crippen LogP contribution in [0.2, 0.25) is 0 Å². The lowest BCUT2D eigenvalue weighted by Crippen LogP contribution is -2.63. The van der Waals surface area contributed by atoms with Gasteiger partial charge in [0.1, 0.15) is 0 Å². The van der Waals surface area contributed by atoms with Crippen molar-refractivity contribution in [2.45, 2.75) is 57.4 Å². The van der Waals surface area contributed by atoms with Gasteiger partial charge in [-0.2, -0.15) is 0 Å². The van der Waals surface area contributed by atoms with Gasteiger partial charge in [-0.25, -0.2) is 0 Å². The summed E-state index contributed by atoms with van der Waals surface area (Å²) in [5, 5.41) is 9.93. The van der Waals surface area contributed by atoms with Crippen LogP contribution in [0.15, 0.2) is 5.11 Å². The van der Waals surface area contributed by atoms with Crippen LogP contribution >= 0.6 is 0 Å². The van der Waals surface area contributed by atoms with Gasteiger partial charge in [-0.1, -0.05) is 5.11 Å². The van der Waals surface area contributed by atoms with Crippen LogP contribution in [0.4, 0.5) is 0 Å². The number of azide groups is 1. The second kappa shape index (κ2) is 7.11. The molecule has 0 aromatic heterocycles. The molecule has 3 rings (SSSR count). The average molecular weight is 348 g/mol. The van der Waals surface area contributed by atoms with E-state index in [2.05, 4.69) is 20.7 Å². The second-order valence-electron chi connectivity index (χ2n) is 7.24. The molecule has 3 aliphatic rings. The zero-order valence-electron chi connectivity index (χ0n) is 14.5. The molecule has 0 radical (unpaired) electrons. The minimum Gasteiger partial charge on any atom is -0.328 e. The van der Waals surface area contributed by atoms with Crippen molar-refractivity contribution in [3.63, 3.8) is 0 Å². The van der Waals surface area contributed by atoms with Crippen molar-refractivity contribution in [3.05, 3.63) is 10.4 Å². The van der Waals surface area contributed by atoms with Gasteiger partial charge < -0.3 is 4.90 Å². The van der Waals surface area contributed by atoms with E-state index in [1.807, 2.05) is 6.92 Å². The summed E-state index contributed by atoms with van der Waals surface area (Å²) < 4.78 is 0. The summed E-state index contributed by atoms with van der Waals surface area (Å²) in [6.07, 6.45) is 1.76. The van der Waals surface area contributed by atoms with Crippen molar-refractivity contribution < 1.29 is 14.4 Å². The Kier molecular flexibility index (Phi) is 5.08. The lowest BCUT2D eigenvalue weighted by atomic mass is 9.86. The van der Waals surface area contributed by atoms with Crippen LogP contribution in [0.1, 0.15) is 33.1 Å². The first-order valence-corrected chi connectivity index (χ1v) is 8.83. The largest absolute Gasteiger partial charge is 0.328 e. The number of Topliss-reactive ketones (excluding diaryl/α,β-unsaturated/α-hetero) is 2. The number of nitrogens with zero attached hydrogens (tertiary/aromatic N) is 4. The molecular weight excluding hydrogens is 324 g/mol. The topological polar surface area (TPSA) is 127 Å². The van der Waals surface area contributed by atoms with Crippen molar-refractivity contribution in [2.24, 2.45) is 17.0 Å². The fraction of sp³-hybridized carbons (Fsp3) is 0.812. The Morgan fingerprint density at radius 2 is 2.04 bits per heavy atom. The Labute approximate surface area is 146 Å². The molecule has 2 unspecified atom stereocenters. The molecule has 3 fully saturated rings. The van der Waals surface area contributed by atoms with E-state index >= 15 is 0 Å². The second-order valence-corrected chi connectivity index (χ2v) is 7.24. The van der Waals surface area contributed by atoms with Crippen LogP contribution in [-0.2, 0) is 14.4 Å². The highest BCUT2D eigenvalue weighted by Crippen LogP contribution is 2.37. The summed E-state index contributed by atoms with van der Waals surface area (Å²) >= 11 is 0. The first-order valence-electron chi connectivity index (χ1n) is 8.83. The van der Waals surface area contributed by atoms with Crippen molar-refractivity contribution in [1.82, 2.24) is 15.5 Å². The predicted molar refractivity (Wildman–Crippen MR) is 89.3 cm³/mol. The van der Waals surface area contributed by atoms with Gasteiger partial charge in [0.2, 0.25) is 5.91 Å². The number of hydrogen-bond acceptors (Lipinski definition) is 6. The standard InChI is InChI=1S/C16H24N6O3/c1-8-13(23)7-18-9(2)20-14-10(6-19-21-17)5-11-3-4-12(15(8)24)22(11)16(14)25/h8-12,14,18,20H,3-7H2,1-2H3/t8?,9?,10-,11-,12-,14+/m0/s1. The number of piperidine rings is 1. The fourth-order valence-corrected chi connectivity index (χ4v) is 4.29. The Balaban J connectivity index is 1.95. The zero-order chi connectivity index (χ0) is 18.1. The third kappa shape index (κ3) is 3.27. The molecule has 3 heterocycles. The van der Waals surface area contributed by atoms with E-state index in [0.29, 0.717) is 12.8 Å². The highest BCUT2D eigenvalue weighted by molar-refractivity contribution is 6.06. The fourth-order valence-electron chi connectivity index (χ4n) is 4.29. The van der Waals surface area contributed by atoms with E-state index in [4.69, 9.17) is 5.53 Å². The van der Waals surface area contributed by atoms with E-state index in [-0.39, 0.29) is 48.7 Å². The van der Waals surface area contributed by atoms with E-state index in [1.165, 1.54) is 0 Å². The summed E-state index contributed by atoms with van der Waals surface area (Å²) in [5.74, 6) is -1.27. The van der Waals surface area contributed by atoms with Gasteiger partial charge in [-0.3, -0.25) is 25.0 Å². The van der Waals surface area contributed by atoms with Gasteiger partial charge in [0.05, 0.1) is 30.7 Å². The number of carbonyl (C=O) groups excluding carboxylic acids is 3. The van der Waals surface area contributed by atoms with Crippen molar-refractivity contribution in [2.75, 3.05) is 13.1 Å². The molecule has 0 aromatic rings. The molecule has 1 amide bonds. The quantitative estimate of drug-likeness (QED) is 0.322. The number of hydrogen-bond donors (Lipinski definition) is 2. The van der Waals surface area contributed by atoms with Crippen molar-refractivity contribution in [1.29, 1.82) is 0 Å². The molecule has 0 spiro atoms. The highest BCUT2D eigenvalue weighted by atomic mass is 16.2. The lowest BCUT2D eigenvalue weighted by Gasteiger charge is -2.43. The number of nitrogens with one attached hydrogen (secondary N) is 2. The van der Waals surface area contributed by atoms with Gasteiger partial charge in [0.25, 0.3) is 0 Å². The monoisotopic (exact) mass is 348 g/mol. The third-order valence-corrected chi connectivity index (χ3v) is 5.70. The van der Waals surface area contributed by atoms with E-state index in [9.17, 15) is 14.4 Å². The first-order chi connectivity index (χ1) is 11.9. The molecule has 9 heteroatoms. The third-order valence-electron chi connectivity index (χ3n) is 5.70. The van der Waals surface area contributed by atoms with E-state index < -0.39 is 18.0 Å². The van der Waals surface area contributed by atoms with E-state index in [1.54, 1.807) is 11.8 Å². The highest BCUT2D eigenvalue weighted by Gasteiger charge is 2.50. The van der Waals surface area contributed by atoms with Gasteiger partial charge in [-0.15, -0.1) is 0 Å². The number of amides is 1. The summed E-state index contributed by atoms with van der Waals surface area (Å²) in [7, 11) is 0. The van der Waals surface area contributed by atoms with Crippen molar-refractivity contribution in [3.8, 4) is 0 Å². The van der Waals surface area contributed by atoms with Gasteiger partial charge in [-0.05, 0) is 44.6 Å². The minimum atomic E-state index is -0.714. The van der Waals surface area contributed by atoms with Crippen LogP contribution in [0, 0.1) is 11.8 Å². The van der Waals surface area contributed by atoms with Crippen LogP contribution in [0.3, 0.4) is 0 Å². The Morgan fingerprint density at radius 1 is 1.28 bits per heavy atom. The SMILES string of the molecule is CC1NCC(=O)C(C)C(=O)[C@@H]2CC[C@H]3C[C@@H](CN=[N+]=[N-])[C@@H](N1)C(=O)N32. The molecule has 0 aromatic carbocycles. The number of rotatable bonds is 2. The summed E-state index contributed by atoms with van der Waals surface area (Å²) in [6, 6.07) is -1.07. The van der Waals surface area contributed by atoms with Crippen LogP contribution in [0.5, 0.6) is 0 Å². The maximum Gasteiger partial charge on any atom is 0.240 e. The minimum absolute atomic E-state index is 0.0234.